The molecule has 8 heteroatoms. The highest BCUT2D eigenvalue weighted by molar-refractivity contribution is 5.89. The van der Waals surface area contributed by atoms with Crippen LogP contribution in [0.1, 0.15) is 16.8 Å². The number of esters is 1. The smallest absolute Gasteiger partial charge is 0.338 e. The Kier molecular flexibility index (Phi) is 3.02. The van der Waals surface area contributed by atoms with Gasteiger partial charge in [-0.05, 0) is 12.1 Å². The second kappa shape index (κ2) is 4.92. The first-order valence-electron chi connectivity index (χ1n) is 7.53. The van der Waals surface area contributed by atoms with Crippen LogP contribution >= 0.6 is 0 Å². The van der Waals surface area contributed by atoms with Gasteiger partial charge in [-0.25, -0.2) is 14.0 Å². The molecule has 25 heavy (non-hydrogen) atoms. The van der Waals surface area contributed by atoms with E-state index in [2.05, 4.69) is 6.58 Å². The van der Waals surface area contributed by atoms with Crippen molar-refractivity contribution in [3.8, 4) is 0 Å². The maximum absolute atomic E-state index is 15.4. The Morgan fingerprint density at radius 1 is 1.32 bits per heavy atom. The van der Waals surface area contributed by atoms with Crippen molar-refractivity contribution >= 4 is 5.97 Å². The van der Waals surface area contributed by atoms with Crippen molar-refractivity contribution in [2.24, 2.45) is 0 Å². The fraction of sp³-hybridized carbons (Fsp3) is 0.235. The van der Waals surface area contributed by atoms with E-state index in [0.717, 1.165) is 16.8 Å². The van der Waals surface area contributed by atoms with Gasteiger partial charge in [-0.2, -0.15) is 0 Å². The molecule has 3 atom stereocenters. The molecule has 1 aliphatic heterocycles. The Balaban J connectivity index is 1.65. The lowest BCUT2D eigenvalue weighted by molar-refractivity contribution is 0.0109. The van der Waals surface area contributed by atoms with Crippen molar-refractivity contribution in [3.05, 3.63) is 81.3 Å². The number of nitrogens with one attached hydrogen (secondary N) is 1. The molecule has 1 saturated carbocycles. The summed E-state index contributed by atoms with van der Waals surface area (Å²) in [4.78, 5) is 37.4. The number of hydrogen-bond donors (Lipinski definition) is 1. The van der Waals surface area contributed by atoms with Gasteiger partial charge in [-0.15, -0.1) is 0 Å². The molecule has 2 heterocycles. The molecule has 0 radical (unpaired) electrons. The average Bonchev–Trinajstić information content (AvgIpc) is 3.11. The van der Waals surface area contributed by atoms with Crippen LogP contribution in [0.15, 0.2) is 64.5 Å². The van der Waals surface area contributed by atoms with E-state index in [4.69, 9.17) is 9.47 Å². The van der Waals surface area contributed by atoms with Gasteiger partial charge in [0.25, 0.3) is 5.56 Å². The van der Waals surface area contributed by atoms with Crippen LogP contribution in [0, 0.1) is 0 Å². The van der Waals surface area contributed by atoms with E-state index in [1.54, 1.807) is 30.3 Å². The lowest BCUT2D eigenvalue weighted by Crippen LogP contribution is -2.40. The van der Waals surface area contributed by atoms with E-state index in [1.165, 1.54) is 0 Å². The number of hydrogen-bond acceptors (Lipinski definition) is 5. The number of carbonyl (C=O) groups excluding carboxylic acids is 1. The summed E-state index contributed by atoms with van der Waals surface area (Å²) in [7, 11) is 0. The molecular weight excluding hydrogens is 331 g/mol. The predicted molar refractivity (Wildman–Crippen MR) is 83.6 cm³/mol. The first kappa shape index (κ1) is 15.4. The SMILES string of the molecule is C=C1O[C@]2(n3ccc(=O)[nH]c3=O)C[C@@]2(F)[C@@H]1OC(=O)c1ccccc1. The van der Waals surface area contributed by atoms with Crippen LogP contribution in [-0.4, -0.2) is 27.3 Å². The number of alkyl halides is 1. The van der Waals surface area contributed by atoms with Gasteiger partial charge < -0.3 is 9.47 Å². The largest absolute Gasteiger partial charge is 0.465 e. The van der Waals surface area contributed by atoms with Crippen molar-refractivity contribution in [2.45, 2.75) is 23.9 Å². The molecule has 1 aliphatic carbocycles. The monoisotopic (exact) mass is 344 g/mol. The fourth-order valence-electron chi connectivity index (χ4n) is 3.19. The summed E-state index contributed by atoms with van der Waals surface area (Å²) < 4.78 is 27.1. The number of carbonyl (C=O) groups is 1. The average molecular weight is 344 g/mol. The van der Waals surface area contributed by atoms with Gasteiger partial charge in [0, 0.05) is 12.3 Å². The van der Waals surface area contributed by atoms with Crippen LogP contribution in [-0.2, 0) is 15.2 Å². The van der Waals surface area contributed by atoms with Gasteiger partial charge in [0.2, 0.25) is 11.4 Å². The van der Waals surface area contributed by atoms with Crippen LogP contribution in [0.3, 0.4) is 0 Å². The first-order valence-corrected chi connectivity index (χ1v) is 7.53. The highest BCUT2D eigenvalue weighted by Gasteiger charge is 2.84. The maximum atomic E-state index is 15.4. The van der Waals surface area contributed by atoms with E-state index < -0.39 is 34.7 Å². The quantitative estimate of drug-likeness (QED) is 0.841. The van der Waals surface area contributed by atoms with Crippen molar-refractivity contribution in [3.63, 3.8) is 0 Å². The Morgan fingerprint density at radius 2 is 2.04 bits per heavy atom. The Hall–Kier alpha value is -3.16. The minimum atomic E-state index is -2.13. The molecule has 4 rings (SSSR count). The maximum Gasteiger partial charge on any atom is 0.338 e. The molecule has 0 spiro atoms. The summed E-state index contributed by atoms with van der Waals surface area (Å²) in [5.74, 6) is -0.806. The first-order chi connectivity index (χ1) is 11.9. The molecule has 2 aromatic rings. The van der Waals surface area contributed by atoms with Gasteiger partial charge in [0.15, 0.2) is 6.10 Å². The summed E-state index contributed by atoms with van der Waals surface area (Å²) in [6.07, 6.45) is -0.395. The van der Waals surface area contributed by atoms with Gasteiger partial charge in [0.05, 0.1) is 12.0 Å². The summed E-state index contributed by atoms with van der Waals surface area (Å²) >= 11 is 0. The molecule has 0 unspecified atom stereocenters. The topological polar surface area (TPSA) is 90.4 Å². The van der Waals surface area contributed by atoms with Crippen LogP contribution in [0.25, 0.3) is 0 Å². The Bertz CT molecular complexity index is 998. The van der Waals surface area contributed by atoms with Gasteiger partial charge >= 0.3 is 11.7 Å². The van der Waals surface area contributed by atoms with E-state index in [9.17, 15) is 14.4 Å². The number of rotatable bonds is 3. The zero-order chi connectivity index (χ0) is 17.8. The number of halogens is 1. The third-order valence-corrected chi connectivity index (χ3v) is 4.48. The predicted octanol–water partition coefficient (Wildman–Crippen LogP) is 1.07. The Labute approximate surface area is 140 Å². The third-order valence-electron chi connectivity index (χ3n) is 4.48. The molecule has 128 valence electrons. The van der Waals surface area contributed by atoms with Crippen LogP contribution in [0.2, 0.25) is 0 Å². The lowest BCUT2D eigenvalue weighted by Gasteiger charge is -2.16. The molecule has 1 aromatic carbocycles. The number of benzene rings is 1. The highest BCUT2D eigenvalue weighted by atomic mass is 19.1. The fourth-order valence-corrected chi connectivity index (χ4v) is 3.19. The Morgan fingerprint density at radius 3 is 2.72 bits per heavy atom. The summed E-state index contributed by atoms with van der Waals surface area (Å²) in [6.45, 7) is 3.60. The molecule has 0 amide bonds. The van der Waals surface area contributed by atoms with Crippen molar-refractivity contribution in [2.75, 3.05) is 0 Å². The standard InChI is InChI=1S/C17H13FN2O5/c1-10-13(24-14(22)11-5-3-2-4-6-11)16(18)9-17(16,25-10)20-8-7-12(21)19-15(20)23/h2-8,13H,1,9H2,(H,19,21,23)/t13-,16-,17-/m1/s1. The second-order valence-electron chi connectivity index (χ2n) is 6.02. The molecule has 7 nitrogen and oxygen atoms in total. The van der Waals surface area contributed by atoms with Crippen LogP contribution < -0.4 is 11.2 Å². The van der Waals surface area contributed by atoms with E-state index in [0.29, 0.717) is 0 Å². The van der Waals surface area contributed by atoms with Gasteiger partial charge in [0.1, 0.15) is 5.76 Å². The normalized spacial score (nSPS) is 29.6. The summed E-state index contributed by atoms with van der Waals surface area (Å²) in [5, 5.41) is 0. The zero-order valence-electron chi connectivity index (χ0n) is 12.9. The van der Waals surface area contributed by atoms with E-state index in [1.807, 2.05) is 4.98 Å². The number of nitrogens with zero attached hydrogens (tertiary/aromatic N) is 1. The second-order valence-corrected chi connectivity index (χ2v) is 6.02. The minimum absolute atomic E-state index is 0.0869. The minimum Gasteiger partial charge on any atom is -0.465 e. The van der Waals surface area contributed by atoms with Crippen molar-refractivity contribution < 1.29 is 18.7 Å². The molecule has 1 aromatic heterocycles. The molecule has 1 N–H and O–H groups in total. The number of ether oxygens (including phenoxy) is 2. The van der Waals surface area contributed by atoms with E-state index in [-0.39, 0.29) is 17.7 Å². The lowest BCUT2D eigenvalue weighted by atomic mass is 10.1. The summed E-state index contributed by atoms with van der Waals surface area (Å²) in [6, 6.07) is 9.22. The number of fused-ring (bicyclic) bond motifs is 1. The number of aromatic amines is 1. The number of H-pyrrole nitrogens is 1. The third kappa shape index (κ3) is 2.07. The van der Waals surface area contributed by atoms with Crippen LogP contribution in [0.5, 0.6) is 0 Å². The van der Waals surface area contributed by atoms with Gasteiger partial charge in [-0.1, -0.05) is 24.8 Å². The van der Waals surface area contributed by atoms with E-state index >= 15 is 4.39 Å². The molecule has 1 saturated heterocycles. The van der Waals surface area contributed by atoms with Gasteiger partial charge in [-0.3, -0.25) is 14.3 Å². The number of aromatic nitrogens is 2. The molecular formula is C17H13FN2O5. The highest BCUT2D eigenvalue weighted by Crippen LogP contribution is 2.67. The van der Waals surface area contributed by atoms with Crippen LogP contribution in [0.4, 0.5) is 4.39 Å². The summed E-state index contributed by atoms with van der Waals surface area (Å²) in [5.41, 5.74) is -4.94. The van der Waals surface area contributed by atoms with Crippen molar-refractivity contribution in [1.82, 2.24) is 9.55 Å². The zero-order valence-corrected chi connectivity index (χ0v) is 12.9. The molecule has 0 bridgehead atoms. The molecule has 2 aliphatic rings. The van der Waals surface area contributed by atoms with Crippen molar-refractivity contribution in [1.29, 1.82) is 0 Å². The molecule has 2 fully saturated rings.